The molecule has 4 rings (SSSR count). The molecular weight excluding hydrogens is 382 g/mol. The number of aliphatic hydroxyl groups excluding tert-OH is 1. The molecule has 1 heterocycles. The van der Waals surface area contributed by atoms with Crippen LogP contribution < -0.4 is 10.1 Å². The molecule has 1 atom stereocenters. The third-order valence-corrected chi connectivity index (χ3v) is 7.34. The van der Waals surface area contributed by atoms with Gasteiger partial charge in [0, 0.05) is 21.7 Å². The van der Waals surface area contributed by atoms with Gasteiger partial charge < -0.3 is 15.2 Å². The topological polar surface area (TPSA) is 58.6 Å². The molecule has 152 valence electrons. The van der Waals surface area contributed by atoms with Crippen LogP contribution in [-0.4, -0.2) is 24.2 Å². The monoisotopic (exact) mass is 409 g/mol. The van der Waals surface area contributed by atoms with Gasteiger partial charge in [-0.25, -0.2) is 0 Å². The molecule has 3 aromatic rings. The Kier molecular flexibility index (Phi) is 5.88. The predicted octanol–water partition coefficient (Wildman–Crippen LogP) is 4.96. The van der Waals surface area contributed by atoms with Crippen LogP contribution in [-0.2, 0) is 10.2 Å². The van der Waals surface area contributed by atoms with Crippen LogP contribution in [0.5, 0.6) is 5.75 Å². The summed E-state index contributed by atoms with van der Waals surface area (Å²) in [6.07, 6.45) is 4.03. The van der Waals surface area contributed by atoms with E-state index in [0.717, 1.165) is 28.5 Å². The Hall–Kier alpha value is -2.37. The third kappa shape index (κ3) is 4.46. The Morgan fingerprint density at radius 2 is 1.90 bits per heavy atom. The number of hydrogen-bond donors (Lipinski definition) is 2. The van der Waals surface area contributed by atoms with Crippen molar-refractivity contribution in [3.8, 4) is 5.75 Å². The highest BCUT2D eigenvalue weighted by molar-refractivity contribution is 7.12. The first-order chi connectivity index (χ1) is 14.1. The van der Waals surface area contributed by atoms with Crippen molar-refractivity contribution >= 4 is 28.0 Å². The number of carbonyl (C=O) groups is 1. The minimum Gasteiger partial charge on any atom is -0.484 e. The number of hydrogen-bond acceptors (Lipinski definition) is 4. The zero-order valence-electron chi connectivity index (χ0n) is 16.7. The van der Waals surface area contributed by atoms with E-state index in [1.807, 2.05) is 42.5 Å². The lowest BCUT2D eigenvalue weighted by atomic mass is 9.84. The average Bonchev–Trinajstić information content (AvgIpc) is 3.41. The minimum absolute atomic E-state index is 0.0117. The van der Waals surface area contributed by atoms with E-state index in [1.165, 1.54) is 17.7 Å². The maximum absolute atomic E-state index is 12.5. The summed E-state index contributed by atoms with van der Waals surface area (Å²) in [4.78, 5) is 14.7. The van der Waals surface area contributed by atoms with Crippen LogP contribution in [0.3, 0.4) is 0 Å². The molecule has 1 amide bonds. The molecule has 1 aliphatic carbocycles. The fourth-order valence-electron chi connectivity index (χ4n) is 4.15. The van der Waals surface area contributed by atoms with Crippen LogP contribution in [0.15, 0.2) is 54.6 Å². The van der Waals surface area contributed by atoms with Crippen LogP contribution in [0.1, 0.15) is 48.5 Å². The zero-order chi connectivity index (χ0) is 20.3. The van der Waals surface area contributed by atoms with Gasteiger partial charge in [0.2, 0.25) is 0 Å². The van der Waals surface area contributed by atoms with Gasteiger partial charge in [-0.2, -0.15) is 0 Å². The summed E-state index contributed by atoms with van der Waals surface area (Å²) < 4.78 is 5.72. The highest BCUT2D eigenvalue weighted by atomic mass is 32.1. The Morgan fingerprint density at radius 1 is 1.14 bits per heavy atom. The molecule has 0 saturated heterocycles. The van der Waals surface area contributed by atoms with Gasteiger partial charge in [-0.15, -0.1) is 11.3 Å². The van der Waals surface area contributed by atoms with E-state index in [-0.39, 0.29) is 17.9 Å². The van der Waals surface area contributed by atoms with E-state index in [1.54, 1.807) is 18.3 Å². The summed E-state index contributed by atoms with van der Waals surface area (Å²) in [7, 11) is 0. The molecule has 1 aliphatic rings. The quantitative estimate of drug-likeness (QED) is 0.580. The summed E-state index contributed by atoms with van der Waals surface area (Å²) in [5.74, 6) is 0.603. The molecule has 1 aromatic heterocycles. The SMILES string of the molecule is CC(O)c1ccc(C2(CNC(=O)COc3ccc4ccccc4c3)CCCC2)s1. The van der Waals surface area contributed by atoms with Gasteiger partial charge in [0.25, 0.3) is 5.91 Å². The van der Waals surface area contributed by atoms with Crippen molar-refractivity contribution in [2.75, 3.05) is 13.2 Å². The van der Waals surface area contributed by atoms with Crippen molar-refractivity contribution in [3.63, 3.8) is 0 Å². The van der Waals surface area contributed by atoms with Crippen molar-refractivity contribution in [1.82, 2.24) is 5.32 Å². The lowest BCUT2D eigenvalue weighted by Gasteiger charge is -2.28. The first kappa shape index (κ1) is 19.9. The molecule has 2 N–H and O–H groups in total. The van der Waals surface area contributed by atoms with Gasteiger partial charge in [-0.05, 0) is 54.8 Å². The lowest BCUT2D eigenvalue weighted by Crippen LogP contribution is -2.40. The summed E-state index contributed by atoms with van der Waals surface area (Å²) in [5.41, 5.74) is -0.0174. The van der Waals surface area contributed by atoms with Gasteiger partial charge in [0.05, 0.1) is 6.10 Å². The Morgan fingerprint density at radius 3 is 2.62 bits per heavy atom. The molecule has 0 spiro atoms. The van der Waals surface area contributed by atoms with E-state index < -0.39 is 6.10 Å². The number of ether oxygens (including phenoxy) is 1. The van der Waals surface area contributed by atoms with Crippen LogP contribution in [0.4, 0.5) is 0 Å². The molecule has 0 aliphatic heterocycles. The van der Waals surface area contributed by atoms with Crippen LogP contribution >= 0.6 is 11.3 Å². The van der Waals surface area contributed by atoms with Crippen molar-refractivity contribution < 1.29 is 14.6 Å². The van der Waals surface area contributed by atoms with E-state index in [4.69, 9.17) is 4.74 Å². The maximum Gasteiger partial charge on any atom is 0.257 e. The Bertz CT molecular complexity index is 988. The zero-order valence-corrected chi connectivity index (χ0v) is 17.5. The van der Waals surface area contributed by atoms with E-state index in [9.17, 15) is 9.90 Å². The molecule has 0 bridgehead atoms. The van der Waals surface area contributed by atoms with Crippen molar-refractivity contribution in [3.05, 3.63) is 64.4 Å². The number of aliphatic hydroxyl groups is 1. The Labute approximate surface area is 175 Å². The number of thiophene rings is 1. The van der Waals surface area contributed by atoms with E-state index >= 15 is 0 Å². The van der Waals surface area contributed by atoms with Crippen LogP contribution in [0, 0.1) is 0 Å². The van der Waals surface area contributed by atoms with Crippen LogP contribution in [0.25, 0.3) is 10.8 Å². The summed E-state index contributed by atoms with van der Waals surface area (Å²) >= 11 is 1.67. The van der Waals surface area contributed by atoms with E-state index in [2.05, 4.69) is 17.4 Å². The number of rotatable bonds is 7. The van der Waals surface area contributed by atoms with E-state index in [0.29, 0.717) is 12.3 Å². The summed E-state index contributed by atoms with van der Waals surface area (Å²) in [6.45, 7) is 2.42. The second-order valence-corrected chi connectivity index (χ2v) is 9.06. The number of carbonyl (C=O) groups excluding carboxylic acids is 1. The van der Waals surface area contributed by atoms with Gasteiger partial charge >= 0.3 is 0 Å². The molecule has 29 heavy (non-hydrogen) atoms. The predicted molar refractivity (Wildman–Crippen MR) is 118 cm³/mol. The van der Waals surface area contributed by atoms with Crippen LogP contribution in [0.2, 0.25) is 0 Å². The largest absolute Gasteiger partial charge is 0.484 e. The van der Waals surface area contributed by atoms with Gasteiger partial charge in [-0.3, -0.25) is 4.79 Å². The van der Waals surface area contributed by atoms with Crippen molar-refractivity contribution in [2.45, 2.75) is 44.1 Å². The minimum atomic E-state index is -0.447. The smallest absolute Gasteiger partial charge is 0.257 e. The Balaban J connectivity index is 1.36. The normalized spacial score (nSPS) is 16.6. The first-order valence-corrected chi connectivity index (χ1v) is 11.0. The highest BCUT2D eigenvalue weighted by Crippen LogP contribution is 2.44. The lowest BCUT2D eigenvalue weighted by molar-refractivity contribution is -0.123. The average molecular weight is 410 g/mol. The fraction of sp³-hybridized carbons (Fsp3) is 0.375. The maximum atomic E-state index is 12.5. The molecular formula is C24H27NO3S. The molecule has 2 aromatic carbocycles. The van der Waals surface area contributed by atoms with Crippen molar-refractivity contribution in [1.29, 1.82) is 0 Å². The van der Waals surface area contributed by atoms with Gasteiger partial charge in [0.1, 0.15) is 5.75 Å². The number of nitrogens with one attached hydrogen (secondary N) is 1. The molecule has 1 saturated carbocycles. The van der Waals surface area contributed by atoms with Gasteiger partial charge in [-0.1, -0.05) is 43.2 Å². The summed E-state index contributed by atoms with van der Waals surface area (Å²) in [5, 5.41) is 15.2. The third-order valence-electron chi connectivity index (χ3n) is 5.84. The summed E-state index contributed by atoms with van der Waals surface area (Å²) in [6, 6.07) is 18.1. The van der Waals surface area contributed by atoms with Crippen molar-refractivity contribution in [2.24, 2.45) is 0 Å². The molecule has 0 radical (unpaired) electrons. The number of benzene rings is 2. The standard InChI is InChI=1S/C24H27NO3S/c1-17(26)21-10-11-22(29-21)24(12-4-5-13-24)16-25-23(27)15-28-20-9-8-18-6-2-3-7-19(18)14-20/h2-3,6-11,14,17,26H,4-5,12-13,15-16H2,1H3,(H,25,27). The fourth-order valence-corrected chi connectivity index (χ4v) is 5.34. The molecule has 4 nitrogen and oxygen atoms in total. The number of amides is 1. The molecule has 5 heteroatoms. The highest BCUT2D eigenvalue weighted by Gasteiger charge is 2.37. The second kappa shape index (κ2) is 8.56. The molecule has 1 fully saturated rings. The second-order valence-electron chi connectivity index (χ2n) is 7.94. The number of fused-ring (bicyclic) bond motifs is 1. The molecule has 1 unspecified atom stereocenters. The first-order valence-electron chi connectivity index (χ1n) is 10.2. The van der Waals surface area contributed by atoms with Gasteiger partial charge in [0.15, 0.2) is 6.61 Å².